The van der Waals surface area contributed by atoms with Crippen molar-refractivity contribution in [2.45, 2.75) is 51.4 Å². The molecule has 0 saturated carbocycles. The van der Waals surface area contributed by atoms with Crippen molar-refractivity contribution in [2.75, 3.05) is 49.9 Å². The SMILES string of the molecule is O=C(CN1CCCCC1)Nc1ccc(CCc2ccc(NC(=O)CN3CCCCC3)cc2)cc1. The van der Waals surface area contributed by atoms with Gasteiger partial charge in [0.25, 0.3) is 0 Å². The van der Waals surface area contributed by atoms with Gasteiger partial charge in [0.2, 0.25) is 11.8 Å². The Morgan fingerprint density at radius 2 is 0.912 bits per heavy atom. The highest BCUT2D eigenvalue weighted by Crippen LogP contribution is 2.16. The Hall–Kier alpha value is -2.70. The number of carbonyl (C=O) groups excluding carboxylic acids is 2. The summed E-state index contributed by atoms with van der Waals surface area (Å²) in [6, 6.07) is 16.3. The van der Waals surface area contributed by atoms with E-state index < -0.39 is 0 Å². The van der Waals surface area contributed by atoms with Crippen molar-refractivity contribution < 1.29 is 9.59 Å². The molecule has 2 aromatic rings. The van der Waals surface area contributed by atoms with E-state index in [-0.39, 0.29) is 11.8 Å². The summed E-state index contributed by atoms with van der Waals surface area (Å²) in [5, 5.41) is 6.04. The summed E-state index contributed by atoms with van der Waals surface area (Å²) >= 11 is 0. The van der Waals surface area contributed by atoms with Gasteiger partial charge in [0.15, 0.2) is 0 Å². The summed E-state index contributed by atoms with van der Waals surface area (Å²) in [7, 11) is 0. The van der Waals surface area contributed by atoms with E-state index in [4.69, 9.17) is 0 Å². The lowest BCUT2D eigenvalue weighted by atomic mass is 10.0. The maximum absolute atomic E-state index is 12.3. The maximum atomic E-state index is 12.3. The summed E-state index contributed by atoms with van der Waals surface area (Å²) in [5.41, 5.74) is 4.20. The van der Waals surface area contributed by atoms with Crippen LogP contribution in [0.15, 0.2) is 48.5 Å². The molecule has 0 atom stereocenters. The van der Waals surface area contributed by atoms with Crippen molar-refractivity contribution in [1.29, 1.82) is 0 Å². The number of hydrogen-bond acceptors (Lipinski definition) is 4. The molecule has 4 rings (SSSR count). The Labute approximate surface area is 203 Å². The van der Waals surface area contributed by atoms with Gasteiger partial charge in [-0.1, -0.05) is 37.1 Å². The number of benzene rings is 2. The molecular weight excluding hydrogens is 424 g/mol. The third-order valence-electron chi connectivity index (χ3n) is 6.81. The van der Waals surface area contributed by atoms with Gasteiger partial charge in [0.1, 0.15) is 0 Å². The number of piperidine rings is 2. The van der Waals surface area contributed by atoms with Gasteiger partial charge in [-0.15, -0.1) is 0 Å². The molecule has 2 heterocycles. The zero-order chi connectivity index (χ0) is 23.6. The molecule has 2 aliphatic rings. The molecular formula is C28H38N4O2. The van der Waals surface area contributed by atoms with E-state index in [9.17, 15) is 9.59 Å². The number of aryl methyl sites for hydroxylation is 2. The Bertz CT molecular complexity index is 837. The predicted molar refractivity (Wildman–Crippen MR) is 138 cm³/mol. The smallest absolute Gasteiger partial charge is 0.238 e. The van der Waals surface area contributed by atoms with Crippen molar-refractivity contribution in [1.82, 2.24) is 9.80 Å². The van der Waals surface area contributed by atoms with Crippen LogP contribution in [0.2, 0.25) is 0 Å². The molecule has 0 radical (unpaired) electrons. The molecule has 34 heavy (non-hydrogen) atoms. The summed E-state index contributed by atoms with van der Waals surface area (Å²) in [6.07, 6.45) is 9.19. The number of likely N-dealkylation sites (tertiary alicyclic amines) is 2. The molecule has 0 aliphatic carbocycles. The number of nitrogens with one attached hydrogen (secondary N) is 2. The van der Waals surface area contributed by atoms with Gasteiger partial charge in [-0.3, -0.25) is 19.4 Å². The minimum Gasteiger partial charge on any atom is -0.325 e. The standard InChI is InChI=1S/C28H38N4O2/c33-27(21-31-17-3-1-4-18-31)29-25-13-9-23(10-14-25)7-8-24-11-15-26(16-12-24)30-28(34)22-32-19-5-2-6-20-32/h9-16H,1-8,17-22H2,(H,29,33)(H,30,34). The van der Waals surface area contributed by atoms with Crippen molar-refractivity contribution in [3.63, 3.8) is 0 Å². The molecule has 2 aliphatic heterocycles. The topological polar surface area (TPSA) is 64.7 Å². The first kappa shape index (κ1) is 24.4. The molecule has 2 N–H and O–H groups in total. The number of amides is 2. The van der Waals surface area contributed by atoms with E-state index >= 15 is 0 Å². The van der Waals surface area contributed by atoms with Crippen molar-refractivity contribution in [2.24, 2.45) is 0 Å². The fourth-order valence-electron chi connectivity index (χ4n) is 4.84. The fraction of sp³-hybridized carbons (Fsp3) is 0.500. The number of nitrogens with zero attached hydrogens (tertiary/aromatic N) is 2. The molecule has 0 bridgehead atoms. The number of carbonyl (C=O) groups is 2. The number of rotatable bonds is 9. The second-order valence-electron chi connectivity index (χ2n) is 9.66. The van der Waals surface area contributed by atoms with Gasteiger partial charge in [0, 0.05) is 11.4 Å². The third-order valence-corrected chi connectivity index (χ3v) is 6.81. The molecule has 6 heteroatoms. The van der Waals surface area contributed by atoms with Crippen LogP contribution in [0.4, 0.5) is 11.4 Å². The highest BCUT2D eigenvalue weighted by molar-refractivity contribution is 5.92. The van der Waals surface area contributed by atoms with Gasteiger partial charge in [-0.2, -0.15) is 0 Å². The molecule has 2 aromatic carbocycles. The number of anilines is 2. The Morgan fingerprint density at radius 1 is 0.559 bits per heavy atom. The zero-order valence-electron chi connectivity index (χ0n) is 20.2. The van der Waals surface area contributed by atoms with Crippen LogP contribution in [-0.2, 0) is 22.4 Å². The number of hydrogen-bond donors (Lipinski definition) is 2. The molecule has 2 fully saturated rings. The van der Waals surface area contributed by atoms with Gasteiger partial charge in [-0.25, -0.2) is 0 Å². The summed E-state index contributed by atoms with van der Waals surface area (Å²) in [5.74, 6) is 0.135. The minimum atomic E-state index is 0.0674. The Morgan fingerprint density at radius 3 is 1.26 bits per heavy atom. The van der Waals surface area contributed by atoms with Crippen LogP contribution in [-0.4, -0.2) is 60.9 Å². The summed E-state index contributed by atoms with van der Waals surface area (Å²) < 4.78 is 0. The lowest BCUT2D eigenvalue weighted by molar-refractivity contribution is -0.118. The lowest BCUT2D eigenvalue weighted by Gasteiger charge is -2.25. The van der Waals surface area contributed by atoms with Crippen LogP contribution in [0.3, 0.4) is 0 Å². The van der Waals surface area contributed by atoms with E-state index in [1.807, 2.05) is 24.3 Å². The minimum absolute atomic E-state index is 0.0674. The normalized spacial score (nSPS) is 17.3. The lowest BCUT2D eigenvalue weighted by Crippen LogP contribution is -2.36. The van der Waals surface area contributed by atoms with E-state index in [1.54, 1.807) is 0 Å². The second-order valence-corrected chi connectivity index (χ2v) is 9.66. The molecule has 0 spiro atoms. The highest BCUT2D eigenvalue weighted by atomic mass is 16.2. The van der Waals surface area contributed by atoms with E-state index in [1.165, 1.54) is 49.7 Å². The van der Waals surface area contributed by atoms with Crippen LogP contribution in [0.25, 0.3) is 0 Å². The van der Waals surface area contributed by atoms with Crippen LogP contribution in [0, 0.1) is 0 Å². The molecule has 2 amide bonds. The van der Waals surface area contributed by atoms with Crippen LogP contribution in [0.1, 0.15) is 49.7 Å². The van der Waals surface area contributed by atoms with Crippen molar-refractivity contribution in [3.05, 3.63) is 59.7 Å². The molecule has 2 saturated heterocycles. The van der Waals surface area contributed by atoms with E-state index in [2.05, 4.69) is 44.7 Å². The Balaban J connectivity index is 1.18. The third kappa shape index (κ3) is 7.96. The van der Waals surface area contributed by atoms with Crippen LogP contribution < -0.4 is 10.6 Å². The van der Waals surface area contributed by atoms with Gasteiger partial charge in [0.05, 0.1) is 13.1 Å². The monoisotopic (exact) mass is 462 g/mol. The van der Waals surface area contributed by atoms with E-state index in [0.717, 1.165) is 50.4 Å². The molecule has 0 aromatic heterocycles. The van der Waals surface area contributed by atoms with Crippen molar-refractivity contribution in [3.8, 4) is 0 Å². The quantitative estimate of drug-likeness (QED) is 0.583. The zero-order valence-corrected chi connectivity index (χ0v) is 20.2. The summed E-state index contributed by atoms with van der Waals surface area (Å²) in [4.78, 5) is 29.0. The first-order valence-electron chi connectivity index (χ1n) is 12.9. The molecule has 182 valence electrons. The predicted octanol–water partition coefficient (Wildman–Crippen LogP) is 4.32. The van der Waals surface area contributed by atoms with Crippen LogP contribution >= 0.6 is 0 Å². The van der Waals surface area contributed by atoms with Crippen molar-refractivity contribution >= 4 is 23.2 Å². The maximum Gasteiger partial charge on any atom is 0.238 e. The Kier molecular flexibility index (Phi) is 9.11. The largest absolute Gasteiger partial charge is 0.325 e. The second kappa shape index (κ2) is 12.7. The van der Waals surface area contributed by atoms with Crippen LogP contribution in [0.5, 0.6) is 0 Å². The van der Waals surface area contributed by atoms with E-state index in [0.29, 0.717) is 13.1 Å². The highest BCUT2D eigenvalue weighted by Gasteiger charge is 2.15. The average molecular weight is 463 g/mol. The average Bonchev–Trinajstić information content (AvgIpc) is 2.85. The van der Waals surface area contributed by atoms with Gasteiger partial charge >= 0.3 is 0 Å². The summed E-state index contributed by atoms with van der Waals surface area (Å²) in [6.45, 7) is 5.07. The first-order valence-corrected chi connectivity index (χ1v) is 12.9. The first-order chi connectivity index (χ1) is 16.6. The fourth-order valence-corrected chi connectivity index (χ4v) is 4.84. The molecule has 0 unspecified atom stereocenters. The van der Waals surface area contributed by atoms with Gasteiger partial charge < -0.3 is 10.6 Å². The van der Waals surface area contributed by atoms with Gasteiger partial charge in [-0.05, 0) is 100 Å². The molecule has 6 nitrogen and oxygen atoms in total.